The summed E-state index contributed by atoms with van der Waals surface area (Å²) in [6.07, 6.45) is 0. The summed E-state index contributed by atoms with van der Waals surface area (Å²) in [5, 5.41) is 2.77. The summed E-state index contributed by atoms with van der Waals surface area (Å²) in [4.78, 5) is 0. The molecule has 0 spiro atoms. The van der Waals surface area contributed by atoms with Crippen molar-refractivity contribution in [3.8, 4) is 5.75 Å². The second-order valence-electron chi connectivity index (χ2n) is 3.89. The van der Waals surface area contributed by atoms with E-state index in [0.717, 1.165) is 10.8 Å². The van der Waals surface area contributed by atoms with Crippen LogP contribution >= 0.6 is 11.6 Å². The van der Waals surface area contributed by atoms with Crippen LogP contribution in [-0.2, 0) is 0 Å². The number of ether oxygens (including phenoxy) is 1. The first-order valence-corrected chi connectivity index (χ1v) is 5.62. The van der Waals surface area contributed by atoms with Crippen molar-refractivity contribution in [1.29, 1.82) is 0 Å². The van der Waals surface area contributed by atoms with Crippen molar-refractivity contribution in [2.45, 2.75) is 13.0 Å². The van der Waals surface area contributed by atoms with Crippen LogP contribution < -0.4 is 10.5 Å². The van der Waals surface area contributed by atoms with Gasteiger partial charge in [-0.1, -0.05) is 41.9 Å². The maximum Gasteiger partial charge on any atom is 0.138 e. The van der Waals surface area contributed by atoms with Gasteiger partial charge in [-0.25, -0.2) is 0 Å². The Morgan fingerprint density at radius 1 is 1.25 bits per heavy atom. The quantitative estimate of drug-likeness (QED) is 0.887. The third-order valence-electron chi connectivity index (χ3n) is 2.33. The molecule has 0 bridgehead atoms. The molecule has 1 unspecified atom stereocenters. The second kappa shape index (κ2) is 4.73. The van der Waals surface area contributed by atoms with Crippen molar-refractivity contribution >= 4 is 22.4 Å². The molecule has 2 nitrogen and oxygen atoms in total. The number of halogens is 1. The average molecular weight is 236 g/mol. The first-order chi connectivity index (χ1) is 7.68. The summed E-state index contributed by atoms with van der Waals surface area (Å²) in [7, 11) is 0. The fourth-order valence-electron chi connectivity index (χ4n) is 1.55. The van der Waals surface area contributed by atoms with Crippen molar-refractivity contribution in [3.63, 3.8) is 0 Å². The van der Waals surface area contributed by atoms with Crippen LogP contribution in [0.1, 0.15) is 6.92 Å². The molecule has 0 aromatic heterocycles. The number of rotatable bonds is 3. The van der Waals surface area contributed by atoms with Gasteiger partial charge in [-0.05, 0) is 18.4 Å². The van der Waals surface area contributed by atoms with Crippen LogP contribution in [0.25, 0.3) is 10.8 Å². The van der Waals surface area contributed by atoms with Gasteiger partial charge < -0.3 is 10.5 Å². The molecule has 0 aliphatic heterocycles. The summed E-state index contributed by atoms with van der Waals surface area (Å²) in [6.45, 7) is 2.37. The molecular weight excluding hydrogens is 222 g/mol. The lowest BCUT2D eigenvalue weighted by atomic mass is 10.1. The van der Waals surface area contributed by atoms with E-state index in [-0.39, 0.29) is 6.04 Å². The molecule has 0 saturated carbocycles. The third-order valence-corrected chi connectivity index (χ3v) is 2.72. The zero-order valence-corrected chi connectivity index (χ0v) is 9.87. The van der Waals surface area contributed by atoms with Gasteiger partial charge in [0.15, 0.2) is 0 Å². The zero-order valence-electron chi connectivity index (χ0n) is 9.11. The molecule has 0 amide bonds. The van der Waals surface area contributed by atoms with Gasteiger partial charge in [0.25, 0.3) is 0 Å². The Balaban J connectivity index is 2.37. The van der Waals surface area contributed by atoms with E-state index in [4.69, 9.17) is 22.1 Å². The van der Waals surface area contributed by atoms with Crippen molar-refractivity contribution in [1.82, 2.24) is 0 Å². The van der Waals surface area contributed by atoms with Crippen molar-refractivity contribution in [2.24, 2.45) is 5.73 Å². The smallest absolute Gasteiger partial charge is 0.138 e. The molecule has 0 radical (unpaired) electrons. The van der Waals surface area contributed by atoms with Crippen LogP contribution in [0.2, 0.25) is 5.02 Å². The minimum atomic E-state index is 0.00235. The summed E-state index contributed by atoms with van der Waals surface area (Å²) in [5.41, 5.74) is 5.63. The van der Waals surface area contributed by atoms with Gasteiger partial charge >= 0.3 is 0 Å². The molecule has 0 heterocycles. The first kappa shape index (κ1) is 11.2. The molecule has 16 heavy (non-hydrogen) atoms. The molecule has 1 atom stereocenters. The van der Waals surface area contributed by atoms with E-state index in [1.165, 1.54) is 0 Å². The van der Waals surface area contributed by atoms with E-state index in [9.17, 15) is 0 Å². The number of hydrogen-bond acceptors (Lipinski definition) is 2. The molecular formula is C13H14ClNO. The Hall–Kier alpha value is -1.25. The molecule has 0 fully saturated rings. The van der Waals surface area contributed by atoms with Gasteiger partial charge in [0, 0.05) is 11.4 Å². The maximum atomic E-state index is 6.26. The minimum Gasteiger partial charge on any atom is -0.490 e. The highest BCUT2D eigenvalue weighted by atomic mass is 35.5. The fraction of sp³-hybridized carbons (Fsp3) is 0.231. The molecule has 0 aliphatic carbocycles. The Morgan fingerprint density at radius 3 is 2.75 bits per heavy atom. The first-order valence-electron chi connectivity index (χ1n) is 5.24. The SMILES string of the molecule is CC(N)COc1ccc2ccccc2c1Cl. The number of hydrogen-bond donors (Lipinski definition) is 1. The Labute approximate surface area is 100.0 Å². The molecule has 2 aromatic rings. The van der Waals surface area contributed by atoms with Gasteiger partial charge in [-0.15, -0.1) is 0 Å². The molecule has 2 rings (SSSR count). The van der Waals surface area contributed by atoms with E-state index in [1.54, 1.807) is 0 Å². The lowest BCUT2D eigenvalue weighted by Gasteiger charge is -2.11. The van der Waals surface area contributed by atoms with Gasteiger partial charge in [0.2, 0.25) is 0 Å². The Morgan fingerprint density at radius 2 is 2.00 bits per heavy atom. The summed E-state index contributed by atoms with van der Waals surface area (Å²) in [5.74, 6) is 0.692. The molecule has 0 aliphatic rings. The third kappa shape index (κ3) is 2.29. The molecule has 0 saturated heterocycles. The predicted molar refractivity (Wildman–Crippen MR) is 68.1 cm³/mol. The minimum absolute atomic E-state index is 0.00235. The normalized spacial score (nSPS) is 12.7. The number of fused-ring (bicyclic) bond motifs is 1. The van der Waals surface area contributed by atoms with Crippen LogP contribution in [0.5, 0.6) is 5.75 Å². The number of nitrogens with two attached hydrogens (primary N) is 1. The number of benzene rings is 2. The highest BCUT2D eigenvalue weighted by Gasteiger charge is 2.06. The van der Waals surface area contributed by atoms with Crippen LogP contribution in [0.3, 0.4) is 0 Å². The molecule has 3 heteroatoms. The van der Waals surface area contributed by atoms with E-state index in [1.807, 2.05) is 43.3 Å². The van der Waals surface area contributed by atoms with Crippen molar-refractivity contribution in [3.05, 3.63) is 41.4 Å². The van der Waals surface area contributed by atoms with E-state index in [2.05, 4.69) is 0 Å². The lowest BCUT2D eigenvalue weighted by Crippen LogP contribution is -2.23. The molecule has 2 aromatic carbocycles. The summed E-state index contributed by atoms with van der Waals surface area (Å²) >= 11 is 6.26. The standard InChI is InChI=1S/C13H14ClNO/c1-9(15)8-16-12-7-6-10-4-2-3-5-11(10)13(12)14/h2-7,9H,8,15H2,1H3. The average Bonchev–Trinajstić information content (AvgIpc) is 2.28. The Kier molecular flexibility index (Phi) is 3.32. The van der Waals surface area contributed by atoms with Crippen LogP contribution in [0.15, 0.2) is 36.4 Å². The van der Waals surface area contributed by atoms with E-state index < -0.39 is 0 Å². The highest BCUT2D eigenvalue weighted by Crippen LogP contribution is 2.32. The fourth-order valence-corrected chi connectivity index (χ4v) is 1.84. The Bertz CT molecular complexity index is 496. The van der Waals surface area contributed by atoms with Gasteiger partial charge in [0.1, 0.15) is 12.4 Å². The monoisotopic (exact) mass is 235 g/mol. The molecule has 2 N–H and O–H groups in total. The van der Waals surface area contributed by atoms with Crippen molar-refractivity contribution in [2.75, 3.05) is 6.61 Å². The van der Waals surface area contributed by atoms with Gasteiger partial charge in [-0.2, -0.15) is 0 Å². The predicted octanol–water partition coefficient (Wildman–Crippen LogP) is 3.22. The highest BCUT2D eigenvalue weighted by molar-refractivity contribution is 6.37. The topological polar surface area (TPSA) is 35.2 Å². The van der Waals surface area contributed by atoms with E-state index in [0.29, 0.717) is 17.4 Å². The molecule has 84 valence electrons. The van der Waals surface area contributed by atoms with Crippen LogP contribution in [0.4, 0.5) is 0 Å². The van der Waals surface area contributed by atoms with Crippen LogP contribution in [-0.4, -0.2) is 12.6 Å². The van der Waals surface area contributed by atoms with Crippen molar-refractivity contribution < 1.29 is 4.74 Å². The second-order valence-corrected chi connectivity index (χ2v) is 4.27. The van der Waals surface area contributed by atoms with Crippen LogP contribution in [0, 0.1) is 0 Å². The zero-order chi connectivity index (χ0) is 11.5. The lowest BCUT2D eigenvalue weighted by molar-refractivity contribution is 0.297. The van der Waals surface area contributed by atoms with Gasteiger partial charge in [0.05, 0.1) is 5.02 Å². The largest absolute Gasteiger partial charge is 0.490 e. The van der Waals surface area contributed by atoms with E-state index >= 15 is 0 Å². The summed E-state index contributed by atoms with van der Waals surface area (Å²) in [6, 6.07) is 11.8. The van der Waals surface area contributed by atoms with Gasteiger partial charge in [-0.3, -0.25) is 0 Å². The maximum absolute atomic E-state index is 6.26. The summed E-state index contributed by atoms with van der Waals surface area (Å²) < 4.78 is 5.55.